The van der Waals surface area contributed by atoms with Gasteiger partial charge in [0.25, 0.3) is 5.91 Å². The van der Waals surface area contributed by atoms with Crippen molar-refractivity contribution in [3.05, 3.63) is 64.7 Å². The van der Waals surface area contributed by atoms with Gasteiger partial charge in [0.1, 0.15) is 0 Å². The summed E-state index contributed by atoms with van der Waals surface area (Å²) in [5.74, 6) is 0.634. The van der Waals surface area contributed by atoms with Crippen LogP contribution in [0, 0.1) is 0 Å². The predicted octanol–water partition coefficient (Wildman–Crippen LogP) is 4.39. The van der Waals surface area contributed by atoms with Crippen LogP contribution in [0.4, 0.5) is 5.69 Å². The number of amides is 1. The predicted molar refractivity (Wildman–Crippen MR) is 98.6 cm³/mol. The van der Waals surface area contributed by atoms with Crippen molar-refractivity contribution in [2.24, 2.45) is 0 Å². The first kappa shape index (κ1) is 18.4. The van der Waals surface area contributed by atoms with Crippen LogP contribution in [0.1, 0.15) is 22.8 Å². The molecule has 0 saturated carbocycles. The van der Waals surface area contributed by atoms with E-state index < -0.39 is 0 Å². The summed E-state index contributed by atoms with van der Waals surface area (Å²) in [4.78, 5) is 23.4. The molecule has 0 heterocycles. The fourth-order valence-corrected chi connectivity index (χ4v) is 2.85. The van der Waals surface area contributed by atoms with Crippen LogP contribution in [0.2, 0.25) is 5.02 Å². The third kappa shape index (κ3) is 5.91. The Bertz CT molecular complexity index is 686. The smallest absolute Gasteiger partial charge is 0.315 e. The second-order valence-electron chi connectivity index (χ2n) is 4.96. The van der Waals surface area contributed by atoms with E-state index in [1.54, 1.807) is 43.3 Å². The molecular formula is C18H18ClNO3S. The number of halogens is 1. The van der Waals surface area contributed by atoms with Gasteiger partial charge < -0.3 is 10.1 Å². The van der Waals surface area contributed by atoms with E-state index in [0.717, 1.165) is 5.56 Å². The minimum absolute atomic E-state index is 0.178. The summed E-state index contributed by atoms with van der Waals surface area (Å²) in [5, 5.41) is 3.44. The van der Waals surface area contributed by atoms with Gasteiger partial charge >= 0.3 is 5.97 Å². The first-order valence-electron chi connectivity index (χ1n) is 7.47. The van der Waals surface area contributed by atoms with E-state index in [2.05, 4.69) is 5.32 Å². The largest absolute Gasteiger partial charge is 0.465 e. The van der Waals surface area contributed by atoms with Gasteiger partial charge in [-0.15, -0.1) is 11.8 Å². The molecule has 0 aliphatic carbocycles. The molecule has 4 nitrogen and oxygen atoms in total. The number of carbonyl (C=O) groups is 2. The fraction of sp³-hybridized carbons (Fsp3) is 0.222. The van der Waals surface area contributed by atoms with Gasteiger partial charge in [0.05, 0.1) is 12.4 Å². The molecule has 0 fully saturated rings. The number of thioether (sulfide) groups is 1. The van der Waals surface area contributed by atoms with Crippen molar-refractivity contribution in [1.29, 1.82) is 0 Å². The van der Waals surface area contributed by atoms with Gasteiger partial charge in [-0.2, -0.15) is 0 Å². The minimum Gasteiger partial charge on any atom is -0.465 e. The van der Waals surface area contributed by atoms with Crippen molar-refractivity contribution in [3.8, 4) is 0 Å². The zero-order chi connectivity index (χ0) is 17.4. The second kappa shape index (κ2) is 9.35. The molecule has 2 aromatic rings. The van der Waals surface area contributed by atoms with Gasteiger partial charge in [-0.3, -0.25) is 9.59 Å². The summed E-state index contributed by atoms with van der Waals surface area (Å²) in [7, 11) is 0. The molecule has 0 spiro atoms. The molecule has 0 unspecified atom stereocenters. The Kier molecular flexibility index (Phi) is 7.15. The molecule has 1 N–H and O–H groups in total. The SMILES string of the molecule is CCOC(=O)CSCc1ccc(C(=O)Nc2ccc(Cl)cc2)cc1. The topological polar surface area (TPSA) is 55.4 Å². The second-order valence-corrected chi connectivity index (χ2v) is 6.38. The van der Waals surface area contributed by atoms with Crippen molar-refractivity contribution in [2.45, 2.75) is 12.7 Å². The highest BCUT2D eigenvalue weighted by atomic mass is 35.5. The average Bonchev–Trinajstić information content (AvgIpc) is 2.58. The van der Waals surface area contributed by atoms with Crippen LogP contribution in [-0.2, 0) is 15.3 Å². The lowest BCUT2D eigenvalue weighted by atomic mass is 10.1. The Balaban J connectivity index is 1.85. The van der Waals surface area contributed by atoms with Gasteiger partial charge in [-0.1, -0.05) is 23.7 Å². The van der Waals surface area contributed by atoms with E-state index in [4.69, 9.17) is 16.3 Å². The Morgan fingerprint density at radius 3 is 2.38 bits per heavy atom. The lowest BCUT2D eigenvalue weighted by Crippen LogP contribution is -2.11. The summed E-state index contributed by atoms with van der Waals surface area (Å²) in [6.45, 7) is 2.19. The van der Waals surface area contributed by atoms with Gasteiger partial charge in [0.15, 0.2) is 0 Å². The number of carbonyl (C=O) groups excluding carboxylic acids is 2. The molecule has 1 amide bonds. The summed E-state index contributed by atoms with van der Waals surface area (Å²) in [5.41, 5.74) is 2.31. The van der Waals surface area contributed by atoms with E-state index in [0.29, 0.717) is 34.4 Å². The number of rotatable bonds is 7. The maximum atomic E-state index is 12.2. The Morgan fingerprint density at radius 1 is 1.08 bits per heavy atom. The van der Waals surface area contributed by atoms with Crippen LogP contribution < -0.4 is 5.32 Å². The molecule has 126 valence electrons. The van der Waals surface area contributed by atoms with Crippen LogP contribution in [0.3, 0.4) is 0 Å². The molecule has 6 heteroatoms. The van der Waals surface area contributed by atoms with Crippen LogP contribution in [-0.4, -0.2) is 24.2 Å². The minimum atomic E-state index is -0.207. The van der Waals surface area contributed by atoms with Gasteiger partial charge in [0, 0.05) is 22.0 Å². The first-order valence-corrected chi connectivity index (χ1v) is 9.01. The summed E-state index contributed by atoms with van der Waals surface area (Å²) in [6.07, 6.45) is 0. The third-order valence-electron chi connectivity index (χ3n) is 3.11. The maximum absolute atomic E-state index is 12.2. The molecule has 0 aromatic heterocycles. The highest BCUT2D eigenvalue weighted by molar-refractivity contribution is 7.99. The zero-order valence-corrected chi connectivity index (χ0v) is 14.8. The molecule has 0 bridgehead atoms. The van der Waals surface area contributed by atoms with Crippen molar-refractivity contribution in [3.63, 3.8) is 0 Å². The van der Waals surface area contributed by atoms with Gasteiger partial charge in [0.2, 0.25) is 0 Å². The van der Waals surface area contributed by atoms with E-state index >= 15 is 0 Å². The van der Waals surface area contributed by atoms with E-state index in [9.17, 15) is 9.59 Å². The fourth-order valence-electron chi connectivity index (χ4n) is 1.94. The van der Waals surface area contributed by atoms with Crippen molar-refractivity contribution < 1.29 is 14.3 Å². The monoisotopic (exact) mass is 363 g/mol. The highest BCUT2D eigenvalue weighted by Crippen LogP contribution is 2.16. The molecule has 0 radical (unpaired) electrons. The maximum Gasteiger partial charge on any atom is 0.315 e. The molecule has 0 aliphatic rings. The molecule has 0 atom stereocenters. The average molecular weight is 364 g/mol. The van der Waals surface area contributed by atoms with Crippen LogP contribution in [0.5, 0.6) is 0 Å². The summed E-state index contributed by atoms with van der Waals surface area (Å²) < 4.78 is 4.87. The molecule has 0 saturated heterocycles. The lowest BCUT2D eigenvalue weighted by Gasteiger charge is -2.07. The number of benzene rings is 2. The number of esters is 1. The zero-order valence-electron chi connectivity index (χ0n) is 13.3. The standard InChI is InChI=1S/C18H18ClNO3S/c1-2-23-17(21)12-24-11-13-3-5-14(6-4-13)18(22)20-16-9-7-15(19)8-10-16/h3-10H,2,11-12H2,1H3,(H,20,22). The molecule has 0 aliphatic heterocycles. The van der Waals surface area contributed by atoms with Crippen molar-refractivity contribution in [1.82, 2.24) is 0 Å². The molecule has 24 heavy (non-hydrogen) atoms. The van der Waals surface area contributed by atoms with E-state index in [-0.39, 0.29) is 11.9 Å². The number of hydrogen-bond donors (Lipinski definition) is 1. The van der Waals surface area contributed by atoms with Crippen LogP contribution >= 0.6 is 23.4 Å². The quantitative estimate of drug-likeness (QED) is 0.741. The van der Waals surface area contributed by atoms with Gasteiger partial charge in [-0.25, -0.2) is 0 Å². The van der Waals surface area contributed by atoms with Crippen LogP contribution in [0.15, 0.2) is 48.5 Å². The molecular weight excluding hydrogens is 346 g/mol. The third-order valence-corrected chi connectivity index (χ3v) is 4.34. The highest BCUT2D eigenvalue weighted by Gasteiger charge is 2.07. The number of anilines is 1. The lowest BCUT2D eigenvalue weighted by molar-refractivity contribution is -0.139. The van der Waals surface area contributed by atoms with E-state index in [1.165, 1.54) is 11.8 Å². The summed E-state index contributed by atoms with van der Waals surface area (Å²) in [6, 6.07) is 14.3. The van der Waals surface area contributed by atoms with Crippen molar-refractivity contribution in [2.75, 3.05) is 17.7 Å². The number of nitrogens with one attached hydrogen (secondary N) is 1. The Hall–Kier alpha value is -1.98. The first-order chi connectivity index (χ1) is 11.6. The normalized spacial score (nSPS) is 10.2. The van der Waals surface area contributed by atoms with E-state index in [1.807, 2.05) is 12.1 Å². The Labute approximate surface area is 150 Å². The number of ether oxygens (including phenoxy) is 1. The van der Waals surface area contributed by atoms with Crippen molar-refractivity contribution >= 4 is 40.9 Å². The number of hydrogen-bond acceptors (Lipinski definition) is 4. The molecule has 2 rings (SSSR count). The molecule has 2 aromatic carbocycles. The Morgan fingerprint density at radius 2 is 1.75 bits per heavy atom. The summed E-state index contributed by atoms with van der Waals surface area (Å²) >= 11 is 7.30. The van der Waals surface area contributed by atoms with Gasteiger partial charge in [-0.05, 0) is 48.9 Å². The van der Waals surface area contributed by atoms with Crippen LogP contribution in [0.25, 0.3) is 0 Å².